The zero-order chi connectivity index (χ0) is 21.1. The van der Waals surface area contributed by atoms with Crippen LogP contribution in [0.3, 0.4) is 0 Å². The van der Waals surface area contributed by atoms with Gasteiger partial charge in [-0.1, -0.05) is 42.1 Å². The van der Waals surface area contributed by atoms with Crippen molar-refractivity contribution in [3.63, 3.8) is 0 Å². The molecule has 0 unspecified atom stereocenters. The topological polar surface area (TPSA) is 61.3 Å². The summed E-state index contributed by atoms with van der Waals surface area (Å²) in [6.07, 6.45) is 0. The zero-order valence-corrected chi connectivity index (χ0v) is 18.5. The van der Waals surface area contributed by atoms with E-state index in [1.54, 1.807) is 43.8 Å². The maximum atomic E-state index is 12.9. The Morgan fingerprint density at radius 3 is 2.57 bits per heavy atom. The summed E-state index contributed by atoms with van der Waals surface area (Å²) in [5.74, 6) is 2.08. The van der Waals surface area contributed by atoms with E-state index in [1.807, 2.05) is 25.1 Å². The number of carbonyl (C=O) groups is 1. The first-order chi connectivity index (χ1) is 14.6. The van der Waals surface area contributed by atoms with Crippen molar-refractivity contribution in [2.75, 3.05) is 20.0 Å². The second kappa shape index (κ2) is 8.85. The first-order valence-corrected chi connectivity index (χ1v) is 11.1. The van der Waals surface area contributed by atoms with E-state index in [2.05, 4.69) is 28.2 Å². The molecule has 0 aliphatic rings. The molecule has 0 spiro atoms. The van der Waals surface area contributed by atoms with Crippen LogP contribution in [0.1, 0.15) is 16.2 Å². The number of aromatic nitrogens is 2. The van der Waals surface area contributed by atoms with E-state index in [4.69, 9.17) is 9.47 Å². The SMILES string of the molecule is COc1ccc(C(=O)CSc2nc(C)nc3sc(-c4ccccc4)cc23)c(OC)c1. The number of benzene rings is 2. The molecule has 2 aromatic heterocycles. The molecule has 4 aromatic rings. The Morgan fingerprint density at radius 2 is 1.83 bits per heavy atom. The average Bonchev–Trinajstić information content (AvgIpc) is 3.21. The molecule has 0 bridgehead atoms. The number of nitrogens with zero attached hydrogens (tertiary/aromatic N) is 2. The Bertz CT molecular complexity index is 1210. The van der Waals surface area contributed by atoms with E-state index in [0.29, 0.717) is 22.9 Å². The van der Waals surface area contributed by atoms with Gasteiger partial charge in [0.05, 0.1) is 25.5 Å². The van der Waals surface area contributed by atoms with Crippen molar-refractivity contribution in [3.8, 4) is 21.9 Å². The molecule has 0 saturated heterocycles. The number of carbonyl (C=O) groups excluding carboxylic acids is 1. The summed E-state index contributed by atoms with van der Waals surface area (Å²) in [4.78, 5) is 24.1. The second-order valence-electron chi connectivity index (χ2n) is 6.55. The number of ketones is 1. The van der Waals surface area contributed by atoms with Crippen LogP contribution in [-0.4, -0.2) is 35.7 Å². The molecule has 0 saturated carbocycles. The van der Waals surface area contributed by atoms with Crippen LogP contribution in [-0.2, 0) is 0 Å². The van der Waals surface area contributed by atoms with Crippen LogP contribution in [0.4, 0.5) is 0 Å². The lowest BCUT2D eigenvalue weighted by atomic mass is 10.1. The highest BCUT2D eigenvalue weighted by Gasteiger charge is 2.17. The van der Waals surface area contributed by atoms with Crippen LogP contribution in [0.5, 0.6) is 11.5 Å². The molecule has 4 rings (SSSR count). The number of Topliss-reactive ketones (excluding diaryl/α,β-unsaturated/α-hetero) is 1. The lowest BCUT2D eigenvalue weighted by Crippen LogP contribution is -2.06. The summed E-state index contributed by atoms with van der Waals surface area (Å²) in [5.41, 5.74) is 1.68. The minimum absolute atomic E-state index is 0.0255. The lowest BCUT2D eigenvalue weighted by Gasteiger charge is -2.09. The van der Waals surface area contributed by atoms with Crippen LogP contribution < -0.4 is 9.47 Å². The van der Waals surface area contributed by atoms with Crippen molar-refractivity contribution < 1.29 is 14.3 Å². The highest BCUT2D eigenvalue weighted by Crippen LogP contribution is 2.37. The van der Waals surface area contributed by atoms with Crippen LogP contribution >= 0.6 is 23.1 Å². The lowest BCUT2D eigenvalue weighted by molar-refractivity contribution is 0.101. The first kappa shape index (κ1) is 20.4. The number of thiophene rings is 1. The van der Waals surface area contributed by atoms with Crippen molar-refractivity contribution in [2.24, 2.45) is 0 Å². The molecular weight excluding hydrogens is 416 g/mol. The molecule has 2 aromatic carbocycles. The van der Waals surface area contributed by atoms with Crippen molar-refractivity contribution in [1.82, 2.24) is 9.97 Å². The standard InChI is InChI=1S/C23H20N2O3S2/c1-14-24-22(18-12-21(30-23(18)25-14)15-7-5-4-6-8-15)29-13-19(26)17-10-9-16(27-2)11-20(17)28-3/h4-12H,13H2,1-3H3. The highest BCUT2D eigenvalue weighted by molar-refractivity contribution is 8.00. The maximum absolute atomic E-state index is 12.9. The minimum Gasteiger partial charge on any atom is -0.497 e. The summed E-state index contributed by atoms with van der Waals surface area (Å²) >= 11 is 3.06. The van der Waals surface area contributed by atoms with E-state index in [9.17, 15) is 4.79 Å². The van der Waals surface area contributed by atoms with E-state index >= 15 is 0 Å². The molecule has 5 nitrogen and oxygen atoms in total. The van der Waals surface area contributed by atoms with E-state index < -0.39 is 0 Å². The molecule has 0 N–H and O–H groups in total. The predicted molar refractivity (Wildman–Crippen MR) is 122 cm³/mol. The third kappa shape index (κ3) is 4.17. The fraction of sp³-hybridized carbons (Fsp3) is 0.174. The quantitative estimate of drug-likeness (QED) is 0.212. The molecule has 0 radical (unpaired) electrons. The molecule has 7 heteroatoms. The van der Waals surface area contributed by atoms with Gasteiger partial charge < -0.3 is 9.47 Å². The van der Waals surface area contributed by atoms with Crippen molar-refractivity contribution in [1.29, 1.82) is 0 Å². The van der Waals surface area contributed by atoms with Crippen LogP contribution in [0, 0.1) is 6.92 Å². The summed E-state index contributed by atoms with van der Waals surface area (Å²) < 4.78 is 10.6. The molecule has 0 amide bonds. The van der Waals surface area contributed by atoms with Gasteiger partial charge in [-0.3, -0.25) is 4.79 Å². The van der Waals surface area contributed by atoms with Gasteiger partial charge in [-0.25, -0.2) is 9.97 Å². The Balaban J connectivity index is 1.61. The van der Waals surface area contributed by atoms with Gasteiger partial charge in [0.1, 0.15) is 27.2 Å². The number of rotatable bonds is 7. The third-order valence-corrected chi connectivity index (χ3v) is 6.65. The number of hydrogen-bond acceptors (Lipinski definition) is 7. The number of ether oxygens (including phenoxy) is 2. The van der Waals surface area contributed by atoms with Gasteiger partial charge in [0, 0.05) is 16.3 Å². The van der Waals surface area contributed by atoms with Gasteiger partial charge in [0.15, 0.2) is 5.78 Å². The second-order valence-corrected chi connectivity index (χ2v) is 8.54. The average molecular weight is 437 g/mol. The smallest absolute Gasteiger partial charge is 0.176 e. The highest BCUT2D eigenvalue weighted by atomic mass is 32.2. The monoisotopic (exact) mass is 436 g/mol. The van der Waals surface area contributed by atoms with Crippen molar-refractivity contribution in [2.45, 2.75) is 11.9 Å². The normalized spacial score (nSPS) is 10.9. The summed E-state index contributed by atoms with van der Waals surface area (Å²) in [6, 6.07) is 17.5. The summed E-state index contributed by atoms with van der Waals surface area (Å²) in [5, 5.41) is 1.79. The predicted octanol–water partition coefficient (Wildman–Crippen LogP) is 5.66. The molecule has 0 fully saturated rings. The molecule has 0 aliphatic carbocycles. The number of hydrogen-bond donors (Lipinski definition) is 0. The summed E-state index contributed by atoms with van der Waals surface area (Å²) in [7, 11) is 3.13. The molecule has 152 valence electrons. The van der Waals surface area contributed by atoms with Gasteiger partial charge >= 0.3 is 0 Å². The van der Waals surface area contributed by atoms with E-state index in [-0.39, 0.29) is 11.5 Å². The number of methoxy groups -OCH3 is 2. The van der Waals surface area contributed by atoms with E-state index in [0.717, 1.165) is 25.7 Å². The van der Waals surface area contributed by atoms with Crippen molar-refractivity contribution >= 4 is 39.1 Å². The Labute approximate surface area is 183 Å². The Kier molecular flexibility index (Phi) is 6.01. The summed E-state index contributed by atoms with van der Waals surface area (Å²) in [6.45, 7) is 1.87. The van der Waals surface area contributed by atoms with Gasteiger partial charge in [0.25, 0.3) is 0 Å². The number of thioether (sulfide) groups is 1. The minimum atomic E-state index is -0.0255. The van der Waals surface area contributed by atoms with Gasteiger partial charge in [-0.05, 0) is 30.7 Å². The van der Waals surface area contributed by atoms with Gasteiger partial charge in [-0.15, -0.1) is 11.3 Å². The van der Waals surface area contributed by atoms with E-state index in [1.165, 1.54) is 11.8 Å². The van der Waals surface area contributed by atoms with Crippen LogP contribution in [0.25, 0.3) is 20.7 Å². The molecule has 0 aliphatic heterocycles. The van der Waals surface area contributed by atoms with Crippen LogP contribution in [0.2, 0.25) is 0 Å². The largest absolute Gasteiger partial charge is 0.497 e. The zero-order valence-electron chi connectivity index (χ0n) is 16.8. The number of aryl methyl sites for hydroxylation is 1. The fourth-order valence-electron chi connectivity index (χ4n) is 3.09. The maximum Gasteiger partial charge on any atom is 0.176 e. The van der Waals surface area contributed by atoms with Gasteiger partial charge in [0.2, 0.25) is 0 Å². The van der Waals surface area contributed by atoms with Crippen LogP contribution in [0.15, 0.2) is 59.6 Å². The molecule has 0 atom stereocenters. The molecular formula is C23H20N2O3S2. The fourth-order valence-corrected chi connectivity index (χ4v) is 5.17. The number of fused-ring (bicyclic) bond motifs is 1. The van der Waals surface area contributed by atoms with Crippen molar-refractivity contribution in [3.05, 3.63) is 66.0 Å². The Morgan fingerprint density at radius 1 is 1.03 bits per heavy atom. The van der Waals surface area contributed by atoms with Gasteiger partial charge in [-0.2, -0.15) is 0 Å². The Hall–Kier alpha value is -2.90. The first-order valence-electron chi connectivity index (χ1n) is 9.30. The molecule has 30 heavy (non-hydrogen) atoms. The third-order valence-electron chi connectivity index (χ3n) is 4.58. The molecule has 2 heterocycles.